The number of anilines is 5. The number of amides is 3. The zero-order chi connectivity index (χ0) is 28.8. The van der Waals surface area contributed by atoms with Crippen molar-refractivity contribution in [2.75, 3.05) is 54.2 Å². The molecule has 0 radical (unpaired) electrons. The molecule has 40 heavy (non-hydrogen) atoms. The Labute approximate surface area is 240 Å². The second-order valence-electron chi connectivity index (χ2n) is 8.80. The normalized spacial score (nSPS) is 13.3. The van der Waals surface area contributed by atoms with Crippen molar-refractivity contribution in [3.63, 3.8) is 0 Å². The number of hydrogen-bond donors (Lipinski definition) is 3. The van der Waals surface area contributed by atoms with Crippen LogP contribution >= 0.6 is 22.9 Å². The fourth-order valence-corrected chi connectivity index (χ4v) is 4.75. The molecule has 208 valence electrons. The average Bonchev–Trinajstić information content (AvgIpc) is 3.41. The maximum atomic E-state index is 12.9. The SMILES string of the molecule is C=CC(=O)N(Nc1nc(Nc2ncc(C(=O)Nc3c(C)cccc3Cl)s2)cc(N2CCN(C)CC2)n1)C(=O)C=C. The van der Waals surface area contributed by atoms with Gasteiger partial charge >= 0.3 is 0 Å². The van der Waals surface area contributed by atoms with Crippen LogP contribution in [0.5, 0.6) is 0 Å². The minimum absolute atomic E-state index is 0.00644. The minimum atomic E-state index is -0.697. The van der Waals surface area contributed by atoms with E-state index in [0.717, 1.165) is 60.2 Å². The number of nitrogens with one attached hydrogen (secondary N) is 3. The van der Waals surface area contributed by atoms with E-state index in [0.29, 0.717) is 32.4 Å². The fourth-order valence-electron chi connectivity index (χ4n) is 3.76. The Morgan fingerprint density at radius 1 is 1.10 bits per heavy atom. The van der Waals surface area contributed by atoms with Crippen LogP contribution in [0.4, 0.5) is 28.4 Å². The van der Waals surface area contributed by atoms with Gasteiger partial charge in [-0.1, -0.05) is 48.2 Å². The van der Waals surface area contributed by atoms with Gasteiger partial charge in [0.15, 0.2) is 5.13 Å². The highest BCUT2D eigenvalue weighted by Gasteiger charge is 2.22. The predicted octanol–water partition coefficient (Wildman–Crippen LogP) is 3.70. The lowest BCUT2D eigenvalue weighted by molar-refractivity contribution is -0.137. The predicted molar refractivity (Wildman–Crippen MR) is 157 cm³/mol. The molecule has 3 heterocycles. The second-order valence-corrected chi connectivity index (χ2v) is 10.2. The summed E-state index contributed by atoms with van der Waals surface area (Å²) in [6.07, 6.45) is 3.43. The van der Waals surface area contributed by atoms with Crippen molar-refractivity contribution < 1.29 is 14.4 Å². The van der Waals surface area contributed by atoms with Gasteiger partial charge < -0.3 is 20.4 Å². The Hall–Kier alpha value is -4.33. The number of thiazole rings is 1. The van der Waals surface area contributed by atoms with Crippen LogP contribution in [0.15, 0.2) is 55.8 Å². The first-order chi connectivity index (χ1) is 19.2. The van der Waals surface area contributed by atoms with E-state index in [1.807, 2.05) is 26.1 Å². The van der Waals surface area contributed by atoms with Crippen LogP contribution in [0.2, 0.25) is 5.02 Å². The lowest BCUT2D eigenvalue weighted by Gasteiger charge is -2.33. The highest BCUT2D eigenvalue weighted by Crippen LogP contribution is 2.29. The summed E-state index contributed by atoms with van der Waals surface area (Å²) in [5.41, 5.74) is 4.02. The molecule has 12 nitrogen and oxygen atoms in total. The molecule has 0 bridgehead atoms. The summed E-state index contributed by atoms with van der Waals surface area (Å²) in [5.74, 6) is -0.838. The number of hydrazine groups is 1. The van der Waals surface area contributed by atoms with E-state index in [2.05, 4.69) is 54.0 Å². The van der Waals surface area contributed by atoms with Crippen LogP contribution in [0.3, 0.4) is 0 Å². The average molecular weight is 582 g/mol. The Kier molecular flexibility index (Phi) is 9.09. The smallest absolute Gasteiger partial charge is 0.271 e. The lowest BCUT2D eigenvalue weighted by Crippen LogP contribution is -2.45. The number of aryl methyl sites for hydroxylation is 1. The molecule has 0 unspecified atom stereocenters. The van der Waals surface area contributed by atoms with E-state index in [9.17, 15) is 14.4 Å². The standard InChI is InChI=1S/C26H28ClN9O3S/c1-5-21(37)36(22(38)6-2)33-25-29-19(14-20(31-25)35-12-10-34(4)11-13-35)30-26-28-15-18(40-26)24(39)32-23-16(3)8-7-9-17(23)27/h5-9,14-15H,1-2,10-13H2,3-4H3,(H,32,39)(H2,28,29,30,31,33). The first kappa shape index (κ1) is 28.7. The first-order valence-electron chi connectivity index (χ1n) is 12.2. The second kappa shape index (κ2) is 12.7. The van der Waals surface area contributed by atoms with Crippen LogP contribution in [-0.2, 0) is 9.59 Å². The number of benzene rings is 1. The van der Waals surface area contributed by atoms with E-state index in [-0.39, 0.29) is 11.9 Å². The third-order valence-electron chi connectivity index (χ3n) is 5.97. The monoisotopic (exact) mass is 581 g/mol. The molecule has 0 aliphatic carbocycles. The van der Waals surface area contributed by atoms with E-state index in [1.165, 1.54) is 6.20 Å². The molecule has 2 aromatic heterocycles. The summed E-state index contributed by atoms with van der Waals surface area (Å²) in [5, 5.41) is 7.48. The van der Waals surface area contributed by atoms with Crippen molar-refractivity contribution in [3.05, 3.63) is 71.2 Å². The number of piperazine rings is 1. The van der Waals surface area contributed by atoms with Crippen molar-refractivity contribution >= 4 is 69.1 Å². The third-order valence-corrected chi connectivity index (χ3v) is 7.19. The number of nitrogens with zero attached hydrogens (tertiary/aromatic N) is 6. The van der Waals surface area contributed by atoms with Crippen molar-refractivity contribution in [1.29, 1.82) is 0 Å². The minimum Gasteiger partial charge on any atom is -0.354 e. The van der Waals surface area contributed by atoms with Crippen LogP contribution in [-0.4, -0.2) is 75.8 Å². The summed E-state index contributed by atoms with van der Waals surface area (Å²) in [4.78, 5) is 55.3. The van der Waals surface area contributed by atoms with Crippen molar-refractivity contribution in [2.24, 2.45) is 0 Å². The summed E-state index contributed by atoms with van der Waals surface area (Å²) < 4.78 is 0. The van der Waals surface area contributed by atoms with Crippen LogP contribution < -0.4 is 21.0 Å². The van der Waals surface area contributed by atoms with Gasteiger partial charge in [-0.25, -0.2) is 4.98 Å². The molecule has 1 fully saturated rings. The van der Waals surface area contributed by atoms with Gasteiger partial charge in [0.25, 0.3) is 17.7 Å². The van der Waals surface area contributed by atoms with E-state index in [1.54, 1.807) is 12.1 Å². The number of hydrogen-bond acceptors (Lipinski definition) is 11. The first-order valence-corrected chi connectivity index (χ1v) is 13.4. The van der Waals surface area contributed by atoms with Gasteiger partial charge in [0.1, 0.15) is 16.5 Å². The molecule has 3 N–H and O–H groups in total. The number of imide groups is 1. The largest absolute Gasteiger partial charge is 0.354 e. The molecule has 1 aliphatic rings. The quantitative estimate of drug-likeness (QED) is 0.253. The third kappa shape index (κ3) is 6.81. The summed E-state index contributed by atoms with van der Waals surface area (Å²) in [6, 6.07) is 7.10. The summed E-state index contributed by atoms with van der Waals surface area (Å²) in [7, 11) is 2.04. The Morgan fingerprint density at radius 3 is 2.45 bits per heavy atom. The molecule has 1 saturated heterocycles. The molecule has 3 aromatic rings. The summed E-state index contributed by atoms with van der Waals surface area (Å²) >= 11 is 7.37. The molecule has 4 rings (SSSR count). The van der Waals surface area contributed by atoms with E-state index < -0.39 is 11.8 Å². The molecule has 14 heteroatoms. The Morgan fingerprint density at radius 2 is 1.80 bits per heavy atom. The number of para-hydroxylation sites is 1. The number of rotatable bonds is 9. The van der Waals surface area contributed by atoms with E-state index in [4.69, 9.17) is 11.6 Å². The number of halogens is 1. The molecule has 1 aliphatic heterocycles. The fraction of sp³-hybridized carbons (Fsp3) is 0.231. The number of carbonyl (C=O) groups excluding carboxylic acids is 3. The van der Waals surface area contributed by atoms with Crippen molar-refractivity contribution in [3.8, 4) is 0 Å². The molecular formula is C26H28ClN9O3S. The van der Waals surface area contributed by atoms with Gasteiger partial charge in [-0.3, -0.25) is 19.8 Å². The van der Waals surface area contributed by atoms with Crippen LogP contribution in [0, 0.1) is 6.92 Å². The van der Waals surface area contributed by atoms with E-state index >= 15 is 0 Å². The maximum absolute atomic E-state index is 12.9. The topological polar surface area (TPSA) is 136 Å². The number of carbonyl (C=O) groups is 3. The zero-order valence-corrected chi connectivity index (χ0v) is 23.6. The Balaban J connectivity index is 1.59. The van der Waals surface area contributed by atoms with Gasteiger partial charge in [0.2, 0.25) is 5.95 Å². The molecule has 0 spiro atoms. The highest BCUT2D eigenvalue weighted by molar-refractivity contribution is 7.17. The Bertz CT molecular complexity index is 1410. The lowest BCUT2D eigenvalue weighted by atomic mass is 10.2. The van der Waals surface area contributed by atoms with Crippen LogP contribution in [0.1, 0.15) is 15.2 Å². The van der Waals surface area contributed by atoms with Crippen molar-refractivity contribution in [2.45, 2.75) is 6.92 Å². The number of aromatic nitrogens is 3. The molecule has 0 saturated carbocycles. The highest BCUT2D eigenvalue weighted by atomic mass is 35.5. The van der Waals surface area contributed by atoms with Gasteiger partial charge in [0, 0.05) is 32.2 Å². The van der Waals surface area contributed by atoms with Gasteiger partial charge in [-0.05, 0) is 37.8 Å². The van der Waals surface area contributed by atoms with Gasteiger partial charge in [0.05, 0.1) is 16.9 Å². The molecular weight excluding hydrogens is 554 g/mol. The van der Waals surface area contributed by atoms with Gasteiger partial charge in [-0.15, -0.1) is 0 Å². The summed E-state index contributed by atoms with van der Waals surface area (Å²) in [6.45, 7) is 11.8. The van der Waals surface area contributed by atoms with Crippen LogP contribution in [0.25, 0.3) is 0 Å². The molecule has 3 amide bonds. The van der Waals surface area contributed by atoms with Gasteiger partial charge in [-0.2, -0.15) is 15.0 Å². The van der Waals surface area contributed by atoms with Crippen molar-refractivity contribution in [1.82, 2.24) is 24.9 Å². The molecule has 0 atom stereocenters. The molecule has 1 aromatic carbocycles. The maximum Gasteiger partial charge on any atom is 0.271 e. The zero-order valence-electron chi connectivity index (χ0n) is 22.0. The number of likely N-dealkylation sites (N-methyl/N-ethyl adjacent to an activating group) is 1.